The van der Waals surface area contributed by atoms with E-state index < -0.39 is 11.8 Å². The fourth-order valence-electron chi connectivity index (χ4n) is 4.17. The third-order valence-corrected chi connectivity index (χ3v) is 6.04. The number of hydrogen-bond donors (Lipinski definition) is 0. The van der Waals surface area contributed by atoms with E-state index in [0.717, 1.165) is 27.5 Å². The highest BCUT2D eigenvalue weighted by Crippen LogP contribution is 2.33. The minimum absolute atomic E-state index is 0.0258. The quantitative estimate of drug-likeness (QED) is 0.396. The second-order valence-electron chi connectivity index (χ2n) is 8.64. The number of imide groups is 1. The summed E-state index contributed by atoms with van der Waals surface area (Å²) in [6.45, 7) is 7.11. The number of nitrogens with zero attached hydrogens (tertiary/aromatic N) is 4. The first-order chi connectivity index (χ1) is 16.8. The summed E-state index contributed by atoms with van der Waals surface area (Å²) >= 11 is 0. The molecule has 0 atom stereocenters. The van der Waals surface area contributed by atoms with E-state index in [1.165, 1.54) is 0 Å². The van der Waals surface area contributed by atoms with Gasteiger partial charge in [0, 0.05) is 28.9 Å². The molecule has 4 rings (SSSR count). The zero-order valence-electron chi connectivity index (χ0n) is 20.4. The van der Waals surface area contributed by atoms with Gasteiger partial charge in [-0.2, -0.15) is 10.4 Å². The molecule has 0 unspecified atom stereocenters. The van der Waals surface area contributed by atoms with Crippen LogP contribution in [0.4, 0.5) is 0 Å². The van der Waals surface area contributed by atoms with E-state index >= 15 is 0 Å². The molecule has 0 saturated carbocycles. The molecule has 2 heterocycles. The lowest BCUT2D eigenvalue weighted by Crippen LogP contribution is -2.46. The zero-order chi connectivity index (χ0) is 25.3. The third-order valence-electron chi connectivity index (χ3n) is 6.04. The van der Waals surface area contributed by atoms with E-state index in [1.807, 2.05) is 67.7 Å². The monoisotopic (exact) mass is 466 g/mol. The van der Waals surface area contributed by atoms with Crippen molar-refractivity contribution in [3.63, 3.8) is 0 Å². The Kier molecular flexibility index (Phi) is 6.39. The molecule has 3 aromatic rings. The number of aryl methyl sites for hydroxylation is 1. The van der Waals surface area contributed by atoms with Gasteiger partial charge in [0.05, 0.1) is 12.8 Å². The highest BCUT2D eigenvalue weighted by atomic mass is 16.5. The van der Waals surface area contributed by atoms with E-state index in [9.17, 15) is 14.9 Å². The lowest BCUT2D eigenvalue weighted by molar-refractivity contribution is -0.142. The van der Waals surface area contributed by atoms with Gasteiger partial charge < -0.3 is 4.74 Å². The summed E-state index contributed by atoms with van der Waals surface area (Å²) in [5.74, 6) is -0.251. The third kappa shape index (κ3) is 4.26. The summed E-state index contributed by atoms with van der Waals surface area (Å²) in [6.07, 6.45) is 3.58. The minimum Gasteiger partial charge on any atom is -0.497 e. The van der Waals surface area contributed by atoms with Gasteiger partial charge in [-0.05, 0) is 75.2 Å². The Morgan fingerprint density at radius 1 is 1.06 bits per heavy atom. The fourth-order valence-corrected chi connectivity index (χ4v) is 4.17. The van der Waals surface area contributed by atoms with Crippen LogP contribution in [0.2, 0.25) is 0 Å². The van der Waals surface area contributed by atoms with Gasteiger partial charge in [-0.15, -0.1) is 0 Å². The summed E-state index contributed by atoms with van der Waals surface area (Å²) in [7, 11) is 1.62. The second-order valence-corrected chi connectivity index (χ2v) is 8.64. The number of benzene rings is 2. The van der Waals surface area contributed by atoms with Gasteiger partial charge in [-0.3, -0.25) is 14.5 Å². The average Bonchev–Trinajstić information content (AvgIpc) is 3.26. The Morgan fingerprint density at radius 2 is 1.77 bits per heavy atom. The van der Waals surface area contributed by atoms with Crippen molar-refractivity contribution >= 4 is 17.9 Å². The molecule has 2 amide bonds. The van der Waals surface area contributed by atoms with Gasteiger partial charge in [0.2, 0.25) is 0 Å². The average molecular weight is 467 g/mol. The van der Waals surface area contributed by atoms with Gasteiger partial charge in [0.15, 0.2) is 0 Å². The van der Waals surface area contributed by atoms with Crippen LogP contribution < -0.4 is 4.74 Å². The number of aromatic nitrogens is 2. The van der Waals surface area contributed by atoms with E-state index in [0.29, 0.717) is 22.4 Å². The van der Waals surface area contributed by atoms with Crippen LogP contribution in [0.1, 0.15) is 31.9 Å². The Balaban J connectivity index is 1.96. The molecule has 7 nitrogen and oxygen atoms in total. The normalized spacial score (nSPS) is 15.2. The number of nitriles is 1. The standard InChI is InChI=1S/C28H26N4O3/c1-17(2)32-27(33)24(19(4)25(15-29)28(32)34)14-20-16-31(21-9-7-6-8-10-21)30-26(20)23-12-11-22(35-5)13-18(23)3/h6-14,16-17H,1-5H3/b24-14+. The van der Waals surface area contributed by atoms with E-state index in [2.05, 4.69) is 0 Å². The molecule has 0 saturated heterocycles. The van der Waals surface area contributed by atoms with Crippen LogP contribution >= 0.6 is 0 Å². The first kappa shape index (κ1) is 23.7. The molecule has 176 valence electrons. The predicted octanol–water partition coefficient (Wildman–Crippen LogP) is 4.86. The van der Waals surface area contributed by atoms with Crippen LogP contribution in [-0.4, -0.2) is 39.6 Å². The molecule has 0 bridgehead atoms. The lowest BCUT2D eigenvalue weighted by Gasteiger charge is -2.30. The summed E-state index contributed by atoms with van der Waals surface area (Å²) in [5.41, 5.74) is 4.72. The smallest absolute Gasteiger partial charge is 0.271 e. The Morgan fingerprint density at radius 3 is 2.37 bits per heavy atom. The number of methoxy groups -OCH3 is 1. The molecule has 35 heavy (non-hydrogen) atoms. The molecule has 1 aromatic heterocycles. The molecule has 1 aliphatic rings. The molecule has 2 aromatic carbocycles. The van der Waals surface area contributed by atoms with E-state index in [1.54, 1.807) is 38.6 Å². The number of carbonyl (C=O) groups is 2. The molecule has 0 N–H and O–H groups in total. The lowest BCUT2D eigenvalue weighted by atomic mass is 9.92. The largest absolute Gasteiger partial charge is 0.497 e. The fraction of sp³-hybridized carbons (Fsp3) is 0.214. The summed E-state index contributed by atoms with van der Waals surface area (Å²) < 4.78 is 7.11. The number of hydrogen-bond acceptors (Lipinski definition) is 5. The van der Waals surface area contributed by atoms with Gasteiger partial charge >= 0.3 is 0 Å². The SMILES string of the molecule is COc1ccc(-c2nn(-c3ccccc3)cc2/C=C2/C(=O)N(C(C)C)C(=O)C(C#N)=C2C)c(C)c1. The molecular weight excluding hydrogens is 440 g/mol. The van der Waals surface area contributed by atoms with E-state index in [4.69, 9.17) is 9.84 Å². The van der Waals surface area contributed by atoms with Crippen LogP contribution in [0.15, 0.2) is 71.4 Å². The first-order valence-corrected chi connectivity index (χ1v) is 11.3. The second kappa shape index (κ2) is 9.43. The van der Waals surface area contributed by atoms with Crippen LogP contribution in [0, 0.1) is 18.3 Å². The molecule has 0 fully saturated rings. The Bertz CT molecular complexity index is 1420. The van der Waals surface area contributed by atoms with Crippen molar-refractivity contribution in [2.45, 2.75) is 33.7 Å². The summed E-state index contributed by atoms with van der Waals surface area (Å²) in [5, 5.41) is 14.5. The number of ether oxygens (including phenoxy) is 1. The highest BCUT2D eigenvalue weighted by molar-refractivity contribution is 6.20. The van der Waals surface area contributed by atoms with Gasteiger partial charge in [0.25, 0.3) is 11.8 Å². The maximum Gasteiger partial charge on any atom is 0.271 e. The van der Waals surface area contributed by atoms with Crippen LogP contribution in [-0.2, 0) is 9.59 Å². The number of rotatable bonds is 5. The molecule has 0 spiro atoms. The maximum atomic E-state index is 13.4. The zero-order valence-corrected chi connectivity index (χ0v) is 20.4. The molecular formula is C28H26N4O3. The minimum atomic E-state index is -0.562. The number of carbonyl (C=O) groups excluding carboxylic acids is 2. The maximum absolute atomic E-state index is 13.4. The molecule has 7 heteroatoms. The van der Waals surface area contributed by atoms with Crippen LogP contribution in [0.5, 0.6) is 5.75 Å². The van der Waals surface area contributed by atoms with Crippen molar-refractivity contribution in [2.24, 2.45) is 0 Å². The van der Waals surface area contributed by atoms with Gasteiger partial charge in [-0.25, -0.2) is 4.68 Å². The Labute approximate surface area is 204 Å². The molecule has 1 aliphatic heterocycles. The number of para-hydroxylation sites is 1. The molecule has 0 radical (unpaired) electrons. The predicted molar refractivity (Wildman–Crippen MR) is 134 cm³/mol. The van der Waals surface area contributed by atoms with Crippen molar-refractivity contribution in [3.8, 4) is 28.8 Å². The van der Waals surface area contributed by atoms with Crippen LogP contribution in [0.3, 0.4) is 0 Å². The van der Waals surface area contributed by atoms with Crippen LogP contribution in [0.25, 0.3) is 23.0 Å². The summed E-state index contributed by atoms with van der Waals surface area (Å²) in [6, 6.07) is 17.0. The van der Waals surface area contributed by atoms with E-state index in [-0.39, 0.29) is 11.6 Å². The first-order valence-electron chi connectivity index (χ1n) is 11.3. The van der Waals surface area contributed by atoms with Crippen molar-refractivity contribution in [1.82, 2.24) is 14.7 Å². The van der Waals surface area contributed by atoms with Crippen molar-refractivity contribution in [1.29, 1.82) is 5.26 Å². The topological polar surface area (TPSA) is 88.2 Å². The summed E-state index contributed by atoms with van der Waals surface area (Å²) in [4.78, 5) is 27.3. The van der Waals surface area contributed by atoms with Gasteiger partial charge in [-0.1, -0.05) is 18.2 Å². The molecule has 0 aliphatic carbocycles. The van der Waals surface area contributed by atoms with Gasteiger partial charge in [0.1, 0.15) is 23.1 Å². The van der Waals surface area contributed by atoms with Crippen molar-refractivity contribution < 1.29 is 14.3 Å². The van der Waals surface area contributed by atoms with Crippen molar-refractivity contribution in [2.75, 3.05) is 7.11 Å². The van der Waals surface area contributed by atoms with Crippen molar-refractivity contribution in [3.05, 3.63) is 82.6 Å². The highest BCUT2D eigenvalue weighted by Gasteiger charge is 2.37. The Hall–Kier alpha value is -4.44. The number of amides is 2.